The van der Waals surface area contributed by atoms with Gasteiger partial charge >= 0.3 is 5.97 Å². The summed E-state index contributed by atoms with van der Waals surface area (Å²) in [5.74, 6) is -1.64. The second-order valence-corrected chi connectivity index (χ2v) is 6.52. The van der Waals surface area contributed by atoms with Crippen molar-refractivity contribution in [2.24, 2.45) is 5.92 Å². The normalized spacial score (nSPS) is 22.3. The number of nitrogens with zero attached hydrogens (tertiary/aromatic N) is 2. The fraction of sp³-hybridized carbons (Fsp3) is 0.706. The Balaban J connectivity index is 2.18. The van der Waals surface area contributed by atoms with Crippen molar-refractivity contribution in [3.05, 3.63) is 18.0 Å². The maximum absolute atomic E-state index is 12.7. The highest BCUT2D eigenvalue weighted by Crippen LogP contribution is 2.34. The number of amides is 1. The number of ether oxygens (including phenoxy) is 1. The maximum atomic E-state index is 12.7. The first-order valence-electron chi connectivity index (χ1n) is 8.63. The molecule has 1 aromatic heterocycles. The average Bonchev–Trinajstić information content (AvgIpc) is 3.04. The Hall–Kier alpha value is -1.89. The van der Waals surface area contributed by atoms with Crippen LogP contribution < -0.4 is 5.32 Å². The van der Waals surface area contributed by atoms with Gasteiger partial charge in [-0.3, -0.25) is 9.48 Å². The molecule has 1 aromatic rings. The van der Waals surface area contributed by atoms with Crippen LogP contribution in [0.3, 0.4) is 0 Å². The SMILES string of the molecule is CCCC(NC(=O)[C@@H]1CCCO[C@H]1c1ccnn1C(C)C)C(=O)O. The van der Waals surface area contributed by atoms with E-state index in [1.165, 1.54) is 0 Å². The third kappa shape index (κ3) is 4.14. The van der Waals surface area contributed by atoms with Gasteiger partial charge in [-0.1, -0.05) is 13.3 Å². The van der Waals surface area contributed by atoms with Crippen molar-refractivity contribution < 1.29 is 19.4 Å². The predicted octanol–water partition coefficient (Wildman–Crippen LogP) is 2.30. The van der Waals surface area contributed by atoms with Crippen LogP contribution in [0.1, 0.15) is 64.3 Å². The average molecular weight is 337 g/mol. The number of carbonyl (C=O) groups is 2. The van der Waals surface area contributed by atoms with E-state index in [1.807, 2.05) is 31.5 Å². The molecule has 2 heterocycles. The van der Waals surface area contributed by atoms with E-state index in [0.717, 1.165) is 12.1 Å². The fourth-order valence-corrected chi connectivity index (χ4v) is 3.15. The molecule has 1 fully saturated rings. The summed E-state index contributed by atoms with van der Waals surface area (Å²) in [5.41, 5.74) is 0.868. The molecule has 0 saturated carbocycles. The van der Waals surface area contributed by atoms with E-state index in [0.29, 0.717) is 25.9 Å². The molecular formula is C17H27N3O4. The summed E-state index contributed by atoms with van der Waals surface area (Å²) < 4.78 is 7.74. The first-order valence-corrected chi connectivity index (χ1v) is 8.63. The second kappa shape index (κ2) is 8.28. The van der Waals surface area contributed by atoms with E-state index in [4.69, 9.17) is 4.74 Å². The van der Waals surface area contributed by atoms with Gasteiger partial charge in [-0.2, -0.15) is 5.10 Å². The van der Waals surface area contributed by atoms with Crippen molar-refractivity contribution in [2.75, 3.05) is 6.61 Å². The lowest BCUT2D eigenvalue weighted by Crippen LogP contribution is -2.46. The van der Waals surface area contributed by atoms with Gasteiger partial charge in [0.05, 0.1) is 11.6 Å². The molecule has 0 bridgehead atoms. The van der Waals surface area contributed by atoms with Gasteiger partial charge in [0.15, 0.2) is 0 Å². The van der Waals surface area contributed by atoms with Crippen LogP contribution in [-0.4, -0.2) is 39.4 Å². The first kappa shape index (κ1) is 18.4. The van der Waals surface area contributed by atoms with Crippen LogP contribution in [0, 0.1) is 5.92 Å². The molecule has 7 nitrogen and oxygen atoms in total. The zero-order valence-corrected chi connectivity index (χ0v) is 14.6. The summed E-state index contributed by atoms with van der Waals surface area (Å²) in [7, 11) is 0. The van der Waals surface area contributed by atoms with E-state index in [9.17, 15) is 14.7 Å². The predicted molar refractivity (Wildman–Crippen MR) is 88.5 cm³/mol. The Morgan fingerprint density at radius 3 is 2.88 bits per heavy atom. The van der Waals surface area contributed by atoms with Gasteiger partial charge in [0, 0.05) is 18.8 Å². The smallest absolute Gasteiger partial charge is 0.326 e. The van der Waals surface area contributed by atoms with E-state index >= 15 is 0 Å². The molecule has 1 aliphatic heterocycles. The first-order chi connectivity index (χ1) is 11.5. The van der Waals surface area contributed by atoms with Gasteiger partial charge < -0.3 is 15.2 Å². The van der Waals surface area contributed by atoms with Gasteiger partial charge in [0.2, 0.25) is 5.91 Å². The highest BCUT2D eigenvalue weighted by molar-refractivity contribution is 5.85. The third-order valence-corrected chi connectivity index (χ3v) is 4.33. The summed E-state index contributed by atoms with van der Waals surface area (Å²) in [6.45, 7) is 6.54. The van der Waals surface area contributed by atoms with Crippen LogP contribution in [0.4, 0.5) is 0 Å². The number of carboxylic acids is 1. The topological polar surface area (TPSA) is 93.5 Å². The Bertz CT molecular complexity index is 570. The molecule has 0 aromatic carbocycles. The lowest BCUT2D eigenvalue weighted by atomic mass is 9.90. The molecule has 0 radical (unpaired) electrons. The summed E-state index contributed by atoms with van der Waals surface area (Å²) >= 11 is 0. The van der Waals surface area contributed by atoms with E-state index < -0.39 is 17.9 Å². The molecule has 134 valence electrons. The Morgan fingerprint density at radius 1 is 1.50 bits per heavy atom. The van der Waals surface area contributed by atoms with Crippen LogP contribution >= 0.6 is 0 Å². The fourth-order valence-electron chi connectivity index (χ4n) is 3.15. The number of carbonyl (C=O) groups excluding carboxylic acids is 1. The molecule has 2 N–H and O–H groups in total. The molecule has 0 aliphatic carbocycles. The van der Waals surface area contributed by atoms with E-state index in [-0.39, 0.29) is 18.1 Å². The van der Waals surface area contributed by atoms with Crippen molar-refractivity contribution >= 4 is 11.9 Å². The molecule has 7 heteroatoms. The zero-order chi connectivity index (χ0) is 17.7. The number of rotatable bonds is 7. The molecule has 1 amide bonds. The number of aromatic nitrogens is 2. The Labute approximate surface area is 142 Å². The Morgan fingerprint density at radius 2 is 2.25 bits per heavy atom. The van der Waals surface area contributed by atoms with Crippen LogP contribution in [-0.2, 0) is 14.3 Å². The minimum Gasteiger partial charge on any atom is -0.480 e. The summed E-state index contributed by atoms with van der Waals surface area (Å²) in [6.07, 6.45) is 3.90. The van der Waals surface area contributed by atoms with Crippen LogP contribution in [0.15, 0.2) is 12.3 Å². The second-order valence-electron chi connectivity index (χ2n) is 6.52. The third-order valence-electron chi connectivity index (χ3n) is 4.33. The van der Waals surface area contributed by atoms with Crippen molar-refractivity contribution in [3.63, 3.8) is 0 Å². The quantitative estimate of drug-likeness (QED) is 0.796. The van der Waals surface area contributed by atoms with E-state index in [2.05, 4.69) is 10.4 Å². The molecule has 2 rings (SSSR count). The van der Waals surface area contributed by atoms with Gasteiger partial charge in [-0.25, -0.2) is 4.79 Å². The van der Waals surface area contributed by atoms with Crippen molar-refractivity contribution in [3.8, 4) is 0 Å². The molecule has 0 spiro atoms. The van der Waals surface area contributed by atoms with Gasteiger partial charge in [0.1, 0.15) is 12.1 Å². The monoisotopic (exact) mass is 337 g/mol. The number of carboxylic acid groups (broad SMARTS) is 1. The molecule has 3 atom stereocenters. The maximum Gasteiger partial charge on any atom is 0.326 e. The number of nitrogens with one attached hydrogen (secondary N) is 1. The highest BCUT2D eigenvalue weighted by atomic mass is 16.5. The summed E-state index contributed by atoms with van der Waals surface area (Å²) in [4.78, 5) is 24.0. The van der Waals surface area contributed by atoms with Crippen molar-refractivity contribution in [1.82, 2.24) is 15.1 Å². The minimum atomic E-state index is -0.995. The van der Waals surface area contributed by atoms with Crippen molar-refractivity contribution in [2.45, 2.75) is 64.6 Å². The largest absolute Gasteiger partial charge is 0.480 e. The lowest BCUT2D eigenvalue weighted by Gasteiger charge is -2.32. The van der Waals surface area contributed by atoms with Crippen LogP contribution in [0.2, 0.25) is 0 Å². The lowest BCUT2D eigenvalue weighted by molar-refractivity contribution is -0.145. The standard InChI is InChI=1S/C17H27N3O4/c1-4-6-13(17(22)23)19-16(21)12-7-5-10-24-15(12)14-8-9-18-20(14)11(2)3/h8-9,11-13,15H,4-7,10H2,1-3H3,(H,19,21)(H,22,23)/t12-,13?,15-/m1/s1. The summed E-state index contributed by atoms with van der Waals surface area (Å²) in [6, 6.07) is 1.19. The van der Waals surface area contributed by atoms with Gasteiger partial charge in [0.25, 0.3) is 0 Å². The minimum absolute atomic E-state index is 0.163. The van der Waals surface area contributed by atoms with Crippen LogP contribution in [0.25, 0.3) is 0 Å². The number of hydrogen-bond acceptors (Lipinski definition) is 4. The van der Waals surface area contributed by atoms with Crippen molar-refractivity contribution in [1.29, 1.82) is 0 Å². The molecular weight excluding hydrogens is 310 g/mol. The number of hydrogen-bond donors (Lipinski definition) is 2. The zero-order valence-electron chi connectivity index (χ0n) is 14.6. The highest BCUT2D eigenvalue weighted by Gasteiger charge is 2.36. The van der Waals surface area contributed by atoms with E-state index in [1.54, 1.807) is 6.20 Å². The van der Waals surface area contributed by atoms with Gasteiger partial charge in [-0.15, -0.1) is 0 Å². The van der Waals surface area contributed by atoms with Crippen LogP contribution in [0.5, 0.6) is 0 Å². The summed E-state index contributed by atoms with van der Waals surface area (Å²) in [5, 5.41) is 16.3. The molecule has 24 heavy (non-hydrogen) atoms. The number of aliphatic carboxylic acids is 1. The van der Waals surface area contributed by atoms with Gasteiger partial charge in [-0.05, 0) is 39.2 Å². The molecule has 1 unspecified atom stereocenters. The molecule has 1 saturated heterocycles. The Kier molecular flexibility index (Phi) is 6.36. The molecule has 1 aliphatic rings.